The van der Waals surface area contributed by atoms with E-state index in [1.807, 2.05) is 0 Å². The highest BCUT2D eigenvalue weighted by atomic mass is 16.4. The van der Waals surface area contributed by atoms with Gasteiger partial charge in [-0.25, -0.2) is 4.79 Å². The van der Waals surface area contributed by atoms with Crippen molar-refractivity contribution in [1.82, 2.24) is 9.47 Å². The van der Waals surface area contributed by atoms with Crippen molar-refractivity contribution in [3.05, 3.63) is 34.2 Å². The lowest BCUT2D eigenvalue weighted by molar-refractivity contribution is -0.0608. The molecule has 1 aromatic heterocycles. The lowest BCUT2D eigenvalue weighted by atomic mass is 9.63. The fraction of sp³-hybridized carbons (Fsp3) is 0.571. The Kier molecular flexibility index (Phi) is 2.93. The van der Waals surface area contributed by atoms with E-state index in [0.717, 1.165) is 19.6 Å². The van der Waals surface area contributed by atoms with Crippen molar-refractivity contribution in [2.75, 3.05) is 19.6 Å². The summed E-state index contributed by atoms with van der Waals surface area (Å²) in [5, 5.41) is 8.91. The van der Waals surface area contributed by atoms with E-state index < -0.39 is 11.5 Å². The molecule has 1 saturated carbocycles. The SMILES string of the molecule is O=C(O)c1cccn(CCN2CC3(CCC3)C2)c1=O. The molecular weight excluding hydrogens is 244 g/mol. The average Bonchev–Trinajstić information content (AvgIpc) is 2.26. The second-order valence-electron chi connectivity index (χ2n) is 5.79. The van der Waals surface area contributed by atoms with Gasteiger partial charge in [0, 0.05) is 32.4 Å². The van der Waals surface area contributed by atoms with E-state index in [-0.39, 0.29) is 5.56 Å². The Morgan fingerprint density at radius 2 is 2.05 bits per heavy atom. The van der Waals surface area contributed by atoms with Gasteiger partial charge in [0.25, 0.3) is 5.56 Å². The molecule has 1 saturated heterocycles. The Bertz CT molecular complexity index is 552. The molecule has 1 spiro atoms. The van der Waals surface area contributed by atoms with Crippen LogP contribution in [0.5, 0.6) is 0 Å². The zero-order valence-corrected chi connectivity index (χ0v) is 10.8. The molecule has 0 amide bonds. The van der Waals surface area contributed by atoms with E-state index in [0.29, 0.717) is 12.0 Å². The largest absolute Gasteiger partial charge is 0.477 e. The Labute approximate surface area is 111 Å². The minimum absolute atomic E-state index is 0.151. The fourth-order valence-corrected chi connectivity index (χ4v) is 3.18. The number of pyridine rings is 1. The van der Waals surface area contributed by atoms with Crippen LogP contribution in [0.25, 0.3) is 0 Å². The third kappa shape index (κ3) is 2.18. The third-order valence-corrected chi connectivity index (χ3v) is 4.44. The monoisotopic (exact) mass is 262 g/mol. The van der Waals surface area contributed by atoms with Gasteiger partial charge < -0.3 is 14.6 Å². The molecule has 5 nitrogen and oxygen atoms in total. The van der Waals surface area contributed by atoms with Crippen LogP contribution >= 0.6 is 0 Å². The van der Waals surface area contributed by atoms with Crippen LogP contribution in [0.1, 0.15) is 29.6 Å². The van der Waals surface area contributed by atoms with Crippen LogP contribution in [0, 0.1) is 5.41 Å². The van der Waals surface area contributed by atoms with Gasteiger partial charge in [-0.15, -0.1) is 0 Å². The zero-order valence-electron chi connectivity index (χ0n) is 10.8. The highest BCUT2D eigenvalue weighted by Gasteiger charge is 2.46. The van der Waals surface area contributed by atoms with Crippen molar-refractivity contribution in [3.63, 3.8) is 0 Å². The number of rotatable bonds is 4. The molecule has 2 aliphatic rings. The molecule has 1 aliphatic heterocycles. The number of aromatic carboxylic acids is 1. The minimum atomic E-state index is -1.16. The molecule has 0 aromatic carbocycles. The topological polar surface area (TPSA) is 62.5 Å². The molecule has 1 N–H and O–H groups in total. The summed E-state index contributed by atoms with van der Waals surface area (Å²) in [6.45, 7) is 3.67. The number of carboxylic acid groups (broad SMARTS) is 1. The molecule has 1 aliphatic carbocycles. The molecule has 0 atom stereocenters. The van der Waals surface area contributed by atoms with Crippen LogP contribution in [0.3, 0.4) is 0 Å². The van der Waals surface area contributed by atoms with Crippen LogP contribution in [0.4, 0.5) is 0 Å². The van der Waals surface area contributed by atoms with Gasteiger partial charge in [0.1, 0.15) is 5.56 Å². The summed E-state index contributed by atoms with van der Waals surface area (Å²) >= 11 is 0. The number of carbonyl (C=O) groups is 1. The number of hydrogen-bond acceptors (Lipinski definition) is 3. The maximum Gasteiger partial charge on any atom is 0.341 e. The van der Waals surface area contributed by atoms with E-state index in [9.17, 15) is 9.59 Å². The van der Waals surface area contributed by atoms with E-state index in [2.05, 4.69) is 4.90 Å². The summed E-state index contributed by atoms with van der Waals surface area (Å²) in [5.74, 6) is -1.16. The molecule has 2 heterocycles. The summed E-state index contributed by atoms with van der Waals surface area (Å²) in [5.41, 5.74) is 0.0314. The summed E-state index contributed by atoms with van der Waals surface area (Å²) in [4.78, 5) is 25.1. The van der Waals surface area contributed by atoms with Gasteiger partial charge in [-0.3, -0.25) is 4.79 Å². The van der Waals surface area contributed by atoms with Crippen molar-refractivity contribution < 1.29 is 9.90 Å². The van der Waals surface area contributed by atoms with Gasteiger partial charge in [0.15, 0.2) is 0 Å². The predicted molar refractivity (Wildman–Crippen MR) is 70.4 cm³/mol. The summed E-state index contributed by atoms with van der Waals surface area (Å²) in [7, 11) is 0. The minimum Gasteiger partial charge on any atom is -0.477 e. The maximum atomic E-state index is 11.9. The van der Waals surface area contributed by atoms with E-state index in [1.54, 1.807) is 12.3 Å². The molecule has 0 radical (unpaired) electrons. The lowest BCUT2D eigenvalue weighted by Gasteiger charge is -2.56. The third-order valence-electron chi connectivity index (χ3n) is 4.44. The van der Waals surface area contributed by atoms with Gasteiger partial charge in [-0.05, 0) is 30.4 Å². The second kappa shape index (κ2) is 4.49. The summed E-state index contributed by atoms with van der Waals surface area (Å²) in [6, 6.07) is 2.97. The number of hydrogen-bond donors (Lipinski definition) is 1. The average molecular weight is 262 g/mol. The zero-order chi connectivity index (χ0) is 13.5. The van der Waals surface area contributed by atoms with Crippen molar-refractivity contribution in [3.8, 4) is 0 Å². The van der Waals surface area contributed by atoms with Gasteiger partial charge in [-0.1, -0.05) is 6.42 Å². The molecular formula is C14H18N2O3. The van der Waals surface area contributed by atoms with E-state index in [1.165, 1.54) is 29.9 Å². The summed E-state index contributed by atoms with van der Waals surface area (Å²) in [6.07, 6.45) is 5.71. The van der Waals surface area contributed by atoms with Gasteiger partial charge in [-0.2, -0.15) is 0 Å². The van der Waals surface area contributed by atoms with E-state index in [4.69, 9.17) is 5.11 Å². The first-order chi connectivity index (χ1) is 9.10. The van der Waals surface area contributed by atoms with E-state index >= 15 is 0 Å². The van der Waals surface area contributed by atoms with Gasteiger partial charge >= 0.3 is 5.97 Å². The van der Waals surface area contributed by atoms with Crippen molar-refractivity contribution >= 4 is 5.97 Å². The Morgan fingerprint density at radius 1 is 1.32 bits per heavy atom. The molecule has 0 bridgehead atoms. The van der Waals surface area contributed by atoms with Gasteiger partial charge in [0.2, 0.25) is 0 Å². The smallest absolute Gasteiger partial charge is 0.341 e. The summed E-state index contributed by atoms with van der Waals surface area (Å²) < 4.78 is 1.50. The first kappa shape index (κ1) is 12.4. The van der Waals surface area contributed by atoms with Crippen molar-refractivity contribution in [2.24, 2.45) is 5.41 Å². The fourth-order valence-electron chi connectivity index (χ4n) is 3.18. The molecule has 102 valence electrons. The number of likely N-dealkylation sites (tertiary alicyclic amines) is 1. The number of aromatic nitrogens is 1. The maximum absolute atomic E-state index is 11.9. The molecule has 19 heavy (non-hydrogen) atoms. The van der Waals surface area contributed by atoms with Crippen LogP contribution in [-0.4, -0.2) is 40.2 Å². The lowest BCUT2D eigenvalue weighted by Crippen LogP contribution is -2.60. The van der Waals surface area contributed by atoms with Crippen LogP contribution in [0.2, 0.25) is 0 Å². The van der Waals surface area contributed by atoms with Gasteiger partial charge in [0.05, 0.1) is 0 Å². The first-order valence-electron chi connectivity index (χ1n) is 6.75. The highest BCUT2D eigenvalue weighted by Crippen LogP contribution is 2.47. The molecule has 2 fully saturated rings. The van der Waals surface area contributed by atoms with Crippen molar-refractivity contribution in [2.45, 2.75) is 25.8 Å². The first-order valence-corrected chi connectivity index (χ1v) is 6.75. The normalized spacial score (nSPS) is 20.8. The molecule has 1 aromatic rings. The molecule has 0 unspecified atom stereocenters. The Hall–Kier alpha value is -1.62. The standard InChI is InChI=1S/C14H18N2O3/c17-12-11(13(18)19)3-1-6-16(12)8-7-15-9-14(10-15)4-2-5-14/h1,3,6H,2,4-5,7-10H2,(H,18,19). The second-order valence-corrected chi connectivity index (χ2v) is 5.79. The highest BCUT2D eigenvalue weighted by molar-refractivity contribution is 5.86. The molecule has 5 heteroatoms. The Balaban J connectivity index is 1.60. The van der Waals surface area contributed by atoms with Crippen LogP contribution in [-0.2, 0) is 6.54 Å². The quantitative estimate of drug-likeness (QED) is 0.880. The van der Waals surface area contributed by atoms with Crippen molar-refractivity contribution in [1.29, 1.82) is 0 Å². The Morgan fingerprint density at radius 3 is 2.63 bits per heavy atom. The predicted octanol–water partition coefficient (Wildman–Crippen LogP) is 1.03. The molecule has 3 rings (SSSR count). The number of nitrogens with zero attached hydrogens (tertiary/aromatic N) is 2. The van der Waals surface area contributed by atoms with Crippen LogP contribution < -0.4 is 5.56 Å². The van der Waals surface area contributed by atoms with Crippen LogP contribution in [0.15, 0.2) is 23.1 Å². The number of carboxylic acids is 1.